The van der Waals surface area contributed by atoms with E-state index in [1.165, 1.54) is 27.9 Å². The average Bonchev–Trinajstić information content (AvgIpc) is 3.40. The summed E-state index contributed by atoms with van der Waals surface area (Å²) < 4.78 is 14.4. The molecule has 4 amide bonds. The molecule has 2 aromatic heterocycles. The lowest BCUT2D eigenvalue weighted by atomic mass is 10.0. The number of carbonyl (C=O) groups excluding carboxylic acids is 4. The van der Waals surface area contributed by atoms with Crippen LogP contribution in [-0.2, 0) is 27.5 Å². The first-order valence-electron chi connectivity index (χ1n) is 10.5. The smallest absolute Gasteiger partial charge is 0.255 e. The standard InChI is InChI=1S/C22H18FN7O4/c23-12-4-5-16(24-8-12)17-10-29(28-27-17)11-20(32)25-15-3-1-2-13-14(15)9-30(22(13)34)18-6-7-19(31)26-21(18)33/h1-5,8,10,18H,6-7,9,11H2,(H,25,32)(H,26,31,33). The highest BCUT2D eigenvalue weighted by Gasteiger charge is 2.39. The third-order valence-corrected chi connectivity index (χ3v) is 5.69. The number of halogens is 1. The van der Waals surface area contributed by atoms with Gasteiger partial charge in [0.1, 0.15) is 24.1 Å². The fourth-order valence-electron chi connectivity index (χ4n) is 4.06. The number of nitrogens with one attached hydrogen (secondary N) is 2. The van der Waals surface area contributed by atoms with Crippen LogP contribution in [0.15, 0.2) is 42.7 Å². The van der Waals surface area contributed by atoms with Gasteiger partial charge in [0.2, 0.25) is 17.7 Å². The van der Waals surface area contributed by atoms with E-state index >= 15 is 0 Å². The Morgan fingerprint density at radius 2 is 2.03 bits per heavy atom. The van der Waals surface area contributed by atoms with Gasteiger partial charge in [-0.05, 0) is 30.7 Å². The highest BCUT2D eigenvalue weighted by Crippen LogP contribution is 2.32. The van der Waals surface area contributed by atoms with Crippen molar-refractivity contribution < 1.29 is 23.6 Å². The van der Waals surface area contributed by atoms with Gasteiger partial charge in [-0.3, -0.25) is 29.5 Å². The molecule has 1 aromatic carbocycles. The summed E-state index contributed by atoms with van der Waals surface area (Å²) in [5.74, 6) is -2.05. The van der Waals surface area contributed by atoms with Crippen molar-refractivity contribution in [1.82, 2.24) is 30.2 Å². The van der Waals surface area contributed by atoms with E-state index in [0.29, 0.717) is 28.2 Å². The Kier molecular flexibility index (Phi) is 5.32. The Balaban J connectivity index is 1.28. The second-order valence-corrected chi connectivity index (χ2v) is 7.94. The van der Waals surface area contributed by atoms with Crippen LogP contribution >= 0.6 is 0 Å². The van der Waals surface area contributed by atoms with Crippen molar-refractivity contribution in [2.24, 2.45) is 0 Å². The zero-order valence-electron chi connectivity index (χ0n) is 17.7. The molecule has 11 nitrogen and oxygen atoms in total. The number of benzene rings is 1. The molecule has 172 valence electrons. The number of hydrogen-bond donors (Lipinski definition) is 2. The molecular formula is C22H18FN7O4. The van der Waals surface area contributed by atoms with E-state index in [1.807, 2.05) is 0 Å². The highest BCUT2D eigenvalue weighted by atomic mass is 19.1. The van der Waals surface area contributed by atoms with E-state index < -0.39 is 23.7 Å². The molecule has 0 bridgehead atoms. The Labute approximate surface area is 192 Å². The Hall–Kier alpha value is -4.48. The van der Waals surface area contributed by atoms with Crippen LogP contribution in [0.4, 0.5) is 10.1 Å². The van der Waals surface area contributed by atoms with E-state index in [4.69, 9.17) is 0 Å². The van der Waals surface area contributed by atoms with Crippen molar-refractivity contribution >= 4 is 29.3 Å². The summed E-state index contributed by atoms with van der Waals surface area (Å²) >= 11 is 0. The predicted molar refractivity (Wildman–Crippen MR) is 114 cm³/mol. The van der Waals surface area contributed by atoms with Crippen molar-refractivity contribution in [2.75, 3.05) is 5.32 Å². The summed E-state index contributed by atoms with van der Waals surface area (Å²) in [5, 5.41) is 12.9. The largest absolute Gasteiger partial charge is 0.324 e. The van der Waals surface area contributed by atoms with Gasteiger partial charge >= 0.3 is 0 Å². The molecule has 2 N–H and O–H groups in total. The SMILES string of the molecule is O=C1CCC(N2Cc3c(NC(=O)Cn4cc(-c5ccc(F)cn5)nn4)cccc3C2=O)C(=O)N1. The molecule has 1 unspecified atom stereocenters. The van der Waals surface area contributed by atoms with Gasteiger partial charge in [-0.25, -0.2) is 9.07 Å². The summed E-state index contributed by atoms with van der Waals surface area (Å²) in [4.78, 5) is 54.6. The zero-order chi connectivity index (χ0) is 23.8. The number of amides is 4. The second-order valence-electron chi connectivity index (χ2n) is 7.94. The van der Waals surface area contributed by atoms with E-state index in [1.54, 1.807) is 18.2 Å². The molecule has 2 aliphatic heterocycles. The summed E-state index contributed by atoms with van der Waals surface area (Å²) in [5.41, 5.74) is 2.25. The molecule has 1 fully saturated rings. The minimum atomic E-state index is -0.741. The lowest BCUT2D eigenvalue weighted by Gasteiger charge is -2.29. The van der Waals surface area contributed by atoms with Crippen LogP contribution in [0.25, 0.3) is 11.4 Å². The van der Waals surface area contributed by atoms with Crippen LogP contribution in [-0.4, -0.2) is 54.5 Å². The Bertz CT molecular complexity index is 1320. The van der Waals surface area contributed by atoms with Crippen LogP contribution in [0.1, 0.15) is 28.8 Å². The number of piperidine rings is 1. The van der Waals surface area contributed by atoms with Gasteiger partial charge in [0, 0.05) is 29.8 Å². The third-order valence-electron chi connectivity index (χ3n) is 5.69. The molecule has 0 spiro atoms. The molecule has 0 aliphatic carbocycles. The number of anilines is 1. The van der Waals surface area contributed by atoms with Crippen LogP contribution in [0.5, 0.6) is 0 Å². The fraction of sp³-hybridized carbons (Fsp3) is 0.227. The highest BCUT2D eigenvalue weighted by molar-refractivity contribution is 6.06. The summed E-state index contributed by atoms with van der Waals surface area (Å²) in [6.45, 7) is -0.0106. The fourth-order valence-corrected chi connectivity index (χ4v) is 4.06. The van der Waals surface area contributed by atoms with Gasteiger partial charge in [-0.2, -0.15) is 0 Å². The molecular weight excluding hydrogens is 445 g/mol. The van der Waals surface area contributed by atoms with Gasteiger partial charge in [0.05, 0.1) is 18.1 Å². The molecule has 5 rings (SSSR count). The van der Waals surface area contributed by atoms with Crippen molar-refractivity contribution in [3.05, 3.63) is 59.7 Å². The first kappa shape index (κ1) is 21.4. The van der Waals surface area contributed by atoms with Crippen LogP contribution < -0.4 is 10.6 Å². The lowest BCUT2D eigenvalue weighted by Crippen LogP contribution is -2.52. The predicted octanol–water partition coefficient (Wildman–Crippen LogP) is 0.879. The molecule has 1 saturated heterocycles. The van der Waals surface area contributed by atoms with Crippen LogP contribution in [0, 0.1) is 5.82 Å². The maximum absolute atomic E-state index is 13.1. The number of rotatable bonds is 5. The van der Waals surface area contributed by atoms with Crippen molar-refractivity contribution in [3.63, 3.8) is 0 Å². The van der Waals surface area contributed by atoms with Gasteiger partial charge in [-0.1, -0.05) is 11.3 Å². The number of pyridine rings is 1. The van der Waals surface area contributed by atoms with Gasteiger partial charge < -0.3 is 10.2 Å². The minimum Gasteiger partial charge on any atom is -0.324 e. The Morgan fingerprint density at radius 1 is 1.18 bits per heavy atom. The lowest BCUT2D eigenvalue weighted by molar-refractivity contribution is -0.137. The molecule has 0 radical (unpaired) electrons. The monoisotopic (exact) mass is 463 g/mol. The number of aromatic nitrogens is 4. The molecule has 2 aliphatic rings. The molecule has 0 saturated carbocycles. The quantitative estimate of drug-likeness (QED) is 0.536. The van der Waals surface area contributed by atoms with Crippen molar-refractivity contribution in [1.29, 1.82) is 0 Å². The van der Waals surface area contributed by atoms with Crippen molar-refractivity contribution in [3.8, 4) is 11.4 Å². The van der Waals surface area contributed by atoms with Gasteiger partial charge in [0.25, 0.3) is 5.91 Å². The van der Waals surface area contributed by atoms with Crippen molar-refractivity contribution in [2.45, 2.75) is 32.0 Å². The van der Waals surface area contributed by atoms with E-state index in [0.717, 1.165) is 6.20 Å². The molecule has 12 heteroatoms. The second kappa shape index (κ2) is 8.46. The summed E-state index contributed by atoms with van der Waals surface area (Å²) in [6.07, 6.45) is 3.00. The van der Waals surface area contributed by atoms with Crippen LogP contribution in [0.2, 0.25) is 0 Å². The molecule has 34 heavy (non-hydrogen) atoms. The molecule has 3 aromatic rings. The van der Waals surface area contributed by atoms with Gasteiger partial charge in [-0.15, -0.1) is 5.10 Å². The van der Waals surface area contributed by atoms with Crippen LogP contribution in [0.3, 0.4) is 0 Å². The molecule has 4 heterocycles. The summed E-state index contributed by atoms with van der Waals surface area (Å²) in [7, 11) is 0. The average molecular weight is 463 g/mol. The normalized spacial score (nSPS) is 17.5. The molecule has 1 atom stereocenters. The zero-order valence-corrected chi connectivity index (χ0v) is 17.7. The maximum atomic E-state index is 13.1. The third kappa shape index (κ3) is 4.00. The van der Waals surface area contributed by atoms with E-state index in [2.05, 4.69) is 25.9 Å². The minimum absolute atomic E-state index is 0.139. The Morgan fingerprint density at radius 3 is 2.79 bits per heavy atom. The first-order valence-corrected chi connectivity index (χ1v) is 10.5. The van der Waals surface area contributed by atoms with Gasteiger partial charge in [0.15, 0.2) is 0 Å². The topological polar surface area (TPSA) is 139 Å². The van der Waals surface area contributed by atoms with E-state index in [-0.39, 0.29) is 37.7 Å². The van der Waals surface area contributed by atoms with E-state index in [9.17, 15) is 23.6 Å². The number of fused-ring (bicyclic) bond motifs is 1. The number of hydrogen-bond acceptors (Lipinski definition) is 7. The number of nitrogens with zero attached hydrogens (tertiary/aromatic N) is 5. The summed E-state index contributed by atoms with van der Waals surface area (Å²) in [6, 6.07) is 6.93. The first-order chi connectivity index (χ1) is 16.4. The number of carbonyl (C=O) groups is 4. The number of imide groups is 1. The maximum Gasteiger partial charge on any atom is 0.255 e.